The van der Waals surface area contributed by atoms with Gasteiger partial charge in [0.2, 0.25) is 0 Å². The predicted octanol–water partition coefficient (Wildman–Crippen LogP) is 1.81. The van der Waals surface area contributed by atoms with Crippen LogP contribution in [0.1, 0.15) is 16.7 Å². The molecule has 0 atom stereocenters. The van der Waals surface area contributed by atoms with Crippen LogP contribution in [-0.4, -0.2) is 5.84 Å². The van der Waals surface area contributed by atoms with E-state index in [9.17, 15) is 26.3 Å². The van der Waals surface area contributed by atoms with Gasteiger partial charge in [-0.1, -0.05) is 0 Å². The van der Waals surface area contributed by atoms with Gasteiger partial charge in [-0.15, -0.1) is 0 Å². The molecule has 0 aliphatic rings. The largest absolute Gasteiger partial charge is 0.416 e. The average Bonchev–Trinajstić information content (AvgIpc) is 2.28. The molecule has 0 bridgehead atoms. The molecule has 19 heavy (non-hydrogen) atoms. The third-order valence-electron chi connectivity index (χ3n) is 2.13. The van der Waals surface area contributed by atoms with Crippen molar-refractivity contribution in [1.82, 2.24) is 5.43 Å². The molecule has 1 aromatic carbocycles. The lowest BCUT2D eigenvalue weighted by atomic mass is 10.0. The Bertz CT molecular complexity index is 458. The van der Waals surface area contributed by atoms with Crippen LogP contribution in [0, 0.1) is 0 Å². The first-order valence-electron chi connectivity index (χ1n) is 4.64. The zero-order valence-corrected chi connectivity index (χ0v) is 9.10. The van der Waals surface area contributed by atoms with Crippen LogP contribution in [0.15, 0.2) is 23.3 Å². The summed E-state index contributed by atoms with van der Waals surface area (Å²) in [7, 11) is 0. The molecule has 1 aromatic rings. The van der Waals surface area contributed by atoms with E-state index in [1.54, 1.807) is 0 Å². The lowest BCUT2D eigenvalue weighted by Gasteiger charge is -2.14. The summed E-state index contributed by atoms with van der Waals surface area (Å²) in [4.78, 5) is 0. The summed E-state index contributed by atoms with van der Waals surface area (Å²) >= 11 is 0. The summed E-state index contributed by atoms with van der Waals surface area (Å²) in [6, 6.07) is 0.912. The van der Waals surface area contributed by atoms with E-state index in [0.29, 0.717) is 12.1 Å². The summed E-state index contributed by atoms with van der Waals surface area (Å²) in [6.45, 7) is 0. The van der Waals surface area contributed by atoms with Gasteiger partial charge in [-0.3, -0.25) is 0 Å². The van der Waals surface area contributed by atoms with E-state index in [2.05, 4.69) is 5.10 Å². The molecule has 0 amide bonds. The molecule has 0 saturated heterocycles. The third kappa shape index (κ3) is 3.50. The summed E-state index contributed by atoms with van der Waals surface area (Å²) < 4.78 is 75.1. The second-order valence-corrected chi connectivity index (χ2v) is 3.42. The van der Waals surface area contributed by atoms with Crippen molar-refractivity contribution in [2.24, 2.45) is 16.8 Å². The van der Waals surface area contributed by atoms with E-state index in [-0.39, 0.29) is 6.07 Å². The highest BCUT2D eigenvalue weighted by atomic mass is 19.4. The molecular formula is C9H8F6N4. The van der Waals surface area contributed by atoms with E-state index < -0.39 is 34.9 Å². The number of hydrogen-bond donors (Lipinski definition) is 3. The van der Waals surface area contributed by atoms with E-state index in [1.165, 1.54) is 0 Å². The Morgan fingerprint density at radius 1 is 0.947 bits per heavy atom. The number of hydrazine groups is 1. The highest BCUT2D eigenvalue weighted by molar-refractivity contribution is 5.98. The number of nitrogens with zero attached hydrogens (tertiary/aromatic N) is 1. The van der Waals surface area contributed by atoms with E-state index >= 15 is 0 Å². The first kappa shape index (κ1) is 15.1. The highest BCUT2D eigenvalue weighted by Crippen LogP contribution is 2.36. The number of amidine groups is 1. The molecule has 10 heteroatoms. The van der Waals surface area contributed by atoms with Gasteiger partial charge < -0.3 is 11.3 Å². The molecule has 4 nitrogen and oxygen atoms in total. The smallest absolute Gasteiger partial charge is 0.321 e. The SMILES string of the molecule is N/N=C(\NN)c1cc(C(F)(F)F)cc(C(F)(F)F)c1. The number of alkyl halides is 6. The van der Waals surface area contributed by atoms with Gasteiger partial charge in [0.15, 0.2) is 5.84 Å². The molecule has 0 fully saturated rings. The number of nitrogens with two attached hydrogens (primary N) is 2. The van der Waals surface area contributed by atoms with E-state index in [4.69, 9.17) is 11.7 Å². The van der Waals surface area contributed by atoms with Gasteiger partial charge in [0, 0.05) is 5.56 Å². The van der Waals surface area contributed by atoms with Crippen LogP contribution >= 0.6 is 0 Å². The Kier molecular flexibility index (Phi) is 3.94. The van der Waals surface area contributed by atoms with Crippen molar-refractivity contribution in [2.45, 2.75) is 12.4 Å². The molecule has 5 N–H and O–H groups in total. The molecule has 106 valence electrons. The van der Waals surface area contributed by atoms with Crippen molar-refractivity contribution in [3.05, 3.63) is 34.9 Å². The van der Waals surface area contributed by atoms with Gasteiger partial charge in [0.25, 0.3) is 0 Å². The zero-order valence-electron chi connectivity index (χ0n) is 9.10. The maximum absolute atomic E-state index is 12.5. The second-order valence-electron chi connectivity index (χ2n) is 3.42. The van der Waals surface area contributed by atoms with Crippen LogP contribution in [0.2, 0.25) is 0 Å². The van der Waals surface area contributed by atoms with Crippen LogP contribution in [0.3, 0.4) is 0 Å². The molecule has 0 aromatic heterocycles. The van der Waals surface area contributed by atoms with E-state index in [1.807, 2.05) is 5.43 Å². The molecular weight excluding hydrogens is 278 g/mol. The quantitative estimate of drug-likeness (QED) is 0.242. The van der Waals surface area contributed by atoms with Crippen molar-refractivity contribution in [1.29, 1.82) is 0 Å². The van der Waals surface area contributed by atoms with Crippen molar-refractivity contribution in [3.8, 4) is 0 Å². The zero-order chi connectivity index (χ0) is 14.8. The summed E-state index contributed by atoms with van der Waals surface area (Å²) in [6.07, 6.45) is -9.88. The fourth-order valence-corrected chi connectivity index (χ4v) is 1.29. The first-order valence-corrected chi connectivity index (χ1v) is 4.64. The Labute approximate surface area is 103 Å². The van der Waals surface area contributed by atoms with Crippen LogP contribution in [0.25, 0.3) is 0 Å². The minimum atomic E-state index is -4.94. The molecule has 0 aliphatic heterocycles. The fourth-order valence-electron chi connectivity index (χ4n) is 1.29. The van der Waals surface area contributed by atoms with Crippen LogP contribution in [0.4, 0.5) is 26.3 Å². The van der Waals surface area contributed by atoms with Gasteiger partial charge in [-0.05, 0) is 18.2 Å². The molecule has 0 radical (unpaired) electrons. The molecule has 0 unspecified atom stereocenters. The molecule has 0 saturated carbocycles. The highest BCUT2D eigenvalue weighted by Gasteiger charge is 2.37. The molecule has 0 heterocycles. The topological polar surface area (TPSA) is 76.4 Å². The number of hydrogen-bond acceptors (Lipinski definition) is 3. The van der Waals surface area contributed by atoms with Gasteiger partial charge in [-0.2, -0.15) is 31.4 Å². The minimum Gasteiger partial charge on any atom is -0.321 e. The van der Waals surface area contributed by atoms with Gasteiger partial charge in [0.05, 0.1) is 11.1 Å². The van der Waals surface area contributed by atoms with Crippen molar-refractivity contribution in [3.63, 3.8) is 0 Å². The average molecular weight is 286 g/mol. The Morgan fingerprint density at radius 2 is 1.37 bits per heavy atom. The van der Waals surface area contributed by atoms with Gasteiger partial charge >= 0.3 is 12.4 Å². The molecule has 0 aliphatic carbocycles. The molecule has 1 rings (SSSR count). The second kappa shape index (κ2) is 4.96. The van der Waals surface area contributed by atoms with Crippen molar-refractivity contribution >= 4 is 5.84 Å². The Morgan fingerprint density at radius 3 is 1.63 bits per heavy atom. The van der Waals surface area contributed by atoms with Gasteiger partial charge in [-0.25, -0.2) is 5.84 Å². The fraction of sp³-hybridized carbons (Fsp3) is 0.222. The normalized spacial score (nSPS) is 13.5. The monoisotopic (exact) mass is 286 g/mol. The van der Waals surface area contributed by atoms with Crippen molar-refractivity contribution in [2.75, 3.05) is 0 Å². The standard InChI is InChI=1S/C9H8F6N4/c10-8(11,12)5-1-4(7(18-16)19-17)2-6(3-5)9(13,14)15/h1-3H,16-17H2,(H,18,19). The lowest BCUT2D eigenvalue weighted by Crippen LogP contribution is -2.32. The summed E-state index contributed by atoms with van der Waals surface area (Å²) in [5.74, 6) is 9.22. The number of nitrogens with one attached hydrogen (secondary N) is 1. The Balaban J connectivity index is 3.50. The van der Waals surface area contributed by atoms with Crippen molar-refractivity contribution < 1.29 is 26.3 Å². The number of rotatable bonds is 1. The number of halogens is 6. The third-order valence-corrected chi connectivity index (χ3v) is 2.13. The van der Waals surface area contributed by atoms with Crippen LogP contribution < -0.4 is 17.1 Å². The number of benzene rings is 1. The Hall–Kier alpha value is -1.97. The summed E-state index contributed by atoms with van der Waals surface area (Å²) in [5, 5.41) is 2.97. The summed E-state index contributed by atoms with van der Waals surface area (Å²) in [5.41, 5.74) is -1.66. The van der Waals surface area contributed by atoms with E-state index in [0.717, 1.165) is 0 Å². The predicted molar refractivity (Wildman–Crippen MR) is 54.5 cm³/mol. The first-order chi connectivity index (χ1) is 8.59. The maximum atomic E-state index is 12.5. The van der Waals surface area contributed by atoms with Crippen LogP contribution in [-0.2, 0) is 12.4 Å². The van der Waals surface area contributed by atoms with Crippen LogP contribution in [0.5, 0.6) is 0 Å². The molecule has 0 spiro atoms. The van der Waals surface area contributed by atoms with Gasteiger partial charge in [0.1, 0.15) is 0 Å². The maximum Gasteiger partial charge on any atom is 0.416 e. The minimum absolute atomic E-state index is 0.00580. The lowest BCUT2D eigenvalue weighted by molar-refractivity contribution is -0.143. The number of hydrazone groups is 1.